The molecular weight excluding hydrogens is 224 g/mol. The van der Waals surface area contributed by atoms with E-state index in [-0.39, 0.29) is 6.42 Å². The minimum Gasteiger partial charge on any atom is -0.481 e. The van der Waals surface area contributed by atoms with Crippen molar-refractivity contribution in [2.45, 2.75) is 12.5 Å². The van der Waals surface area contributed by atoms with Crippen LogP contribution in [0.2, 0.25) is 0 Å². The van der Waals surface area contributed by atoms with Gasteiger partial charge in [-0.1, -0.05) is 0 Å². The fourth-order valence-corrected chi connectivity index (χ4v) is 1.48. The van der Waals surface area contributed by atoms with E-state index in [0.29, 0.717) is 0 Å². The number of hydrogen-bond acceptors (Lipinski definition) is 2. The van der Waals surface area contributed by atoms with Crippen LogP contribution < -0.4 is 5.73 Å². The maximum Gasteiger partial charge on any atom is 0.305 e. The van der Waals surface area contributed by atoms with Crippen LogP contribution in [0.1, 0.15) is 18.2 Å². The zero-order valence-corrected chi connectivity index (χ0v) is 7.84. The third-order valence-electron chi connectivity index (χ3n) is 1.49. The molecular formula is C7H9BrN2O2. The maximum atomic E-state index is 10.3. The van der Waals surface area contributed by atoms with Gasteiger partial charge in [-0.25, -0.2) is 0 Å². The highest BCUT2D eigenvalue weighted by Gasteiger charge is 2.13. The number of nitrogens with one attached hydrogen (secondary N) is 1. The van der Waals surface area contributed by atoms with Crippen molar-refractivity contribution >= 4 is 21.9 Å². The number of aromatic amines is 1. The van der Waals surface area contributed by atoms with Crippen LogP contribution in [-0.4, -0.2) is 16.1 Å². The Labute approximate surface area is 77.9 Å². The number of aromatic nitrogens is 1. The summed E-state index contributed by atoms with van der Waals surface area (Å²) in [6.07, 6.45) is 1.64. The van der Waals surface area contributed by atoms with Crippen molar-refractivity contribution in [1.29, 1.82) is 0 Å². The van der Waals surface area contributed by atoms with Crippen LogP contribution in [0.4, 0.5) is 0 Å². The Morgan fingerprint density at radius 1 is 1.83 bits per heavy atom. The van der Waals surface area contributed by atoms with Gasteiger partial charge in [0.15, 0.2) is 0 Å². The van der Waals surface area contributed by atoms with E-state index < -0.39 is 12.0 Å². The zero-order valence-electron chi connectivity index (χ0n) is 6.25. The number of rotatable bonds is 3. The summed E-state index contributed by atoms with van der Waals surface area (Å²) in [5, 5.41) is 8.46. The number of aliphatic carboxylic acids is 1. The first-order valence-electron chi connectivity index (χ1n) is 3.41. The minimum absolute atomic E-state index is 0.0703. The van der Waals surface area contributed by atoms with Crippen LogP contribution in [0.5, 0.6) is 0 Å². The molecule has 0 saturated heterocycles. The van der Waals surface area contributed by atoms with Gasteiger partial charge in [-0.05, 0) is 22.0 Å². The Balaban J connectivity index is 2.71. The summed E-state index contributed by atoms with van der Waals surface area (Å²) in [7, 11) is 0. The van der Waals surface area contributed by atoms with Crippen LogP contribution in [0, 0.1) is 0 Å². The first-order valence-corrected chi connectivity index (χ1v) is 4.20. The molecule has 1 aromatic heterocycles. The summed E-state index contributed by atoms with van der Waals surface area (Å²) in [6, 6.07) is 1.31. The van der Waals surface area contributed by atoms with Gasteiger partial charge in [0.25, 0.3) is 0 Å². The molecule has 1 rings (SSSR count). The molecule has 0 saturated carbocycles. The van der Waals surface area contributed by atoms with Crippen LogP contribution >= 0.6 is 15.9 Å². The fourth-order valence-electron chi connectivity index (χ4n) is 0.938. The predicted octanol–water partition coefficient (Wildman–Crippen LogP) is 1.25. The van der Waals surface area contributed by atoms with Crippen molar-refractivity contribution in [3.63, 3.8) is 0 Å². The lowest BCUT2D eigenvalue weighted by molar-refractivity contribution is -0.137. The van der Waals surface area contributed by atoms with Crippen molar-refractivity contribution in [3.05, 3.63) is 22.4 Å². The van der Waals surface area contributed by atoms with Crippen LogP contribution in [0.15, 0.2) is 16.7 Å². The molecule has 66 valence electrons. The van der Waals surface area contributed by atoms with Crippen LogP contribution in [-0.2, 0) is 4.79 Å². The molecule has 1 heterocycles. The first-order chi connectivity index (χ1) is 5.61. The number of halogens is 1. The Morgan fingerprint density at radius 2 is 2.50 bits per heavy atom. The van der Waals surface area contributed by atoms with Gasteiger partial charge in [-0.3, -0.25) is 4.79 Å². The molecule has 4 nitrogen and oxygen atoms in total. The van der Waals surface area contributed by atoms with E-state index in [1.54, 1.807) is 12.3 Å². The summed E-state index contributed by atoms with van der Waals surface area (Å²) in [4.78, 5) is 13.2. The Hall–Kier alpha value is -0.810. The Bertz CT molecular complexity index is 285. The second kappa shape index (κ2) is 3.73. The highest BCUT2D eigenvalue weighted by atomic mass is 79.9. The van der Waals surface area contributed by atoms with Gasteiger partial charge in [0.1, 0.15) is 0 Å². The average molecular weight is 233 g/mol. The van der Waals surface area contributed by atoms with Gasteiger partial charge in [0.2, 0.25) is 0 Å². The van der Waals surface area contributed by atoms with Gasteiger partial charge in [-0.15, -0.1) is 0 Å². The number of hydrogen-bond donors (Lipinski definition) is 3. The average Bonchev–Trinajstić information content (AvgIpc) is 2.33. The number of carbonyl (C=O) groups is 1. The van der Waals surface area contributed by atoms with Crippen molar-refractivity contribution in [2.24, 2.45) is 5.73 Å². The van der Waals surface area contributed by atoms with Gasteiger partial charge < -0.3 is 15.8 Å². The zero-order chi connectivity index (χ0) is 9.14. The second-order valence-electron chi connectivity index (χ2n) is 2.44. The topological polar surface area (TPSA) is 79.1 Å². The molecule has 0 bridgehead atoms. The van der Waals surface area contributed by atoms with Gasteiger partial charge in [-0.2, -0.15) is 0 Å². The minimum atomic E-state index is -0.899. The molecule has 12 heavy (non-hydrogen) atoms. The largest absolute Gasteiger partial charge is 0.481 e. The molecule has 0 spiro atoms. The van der Waals surface area contributed by atoms with E-state index in [2.05, 4.69) is 20.9 Å². The summed E-state index contributed by atoms with van der Waals surface area (Å²) in [6.45, 7) is 0. The summed E-state index contributed by atoms with van der Waals surface area (Å²) < 4.78 is 0.816. The Morgan fingerprint density at radius 3 is 2.92 bits per heavy atom. The standard InChI is InChI=1S/C7H9BrN2O2/c8-4-1-2-10-7(4)5(9)3-6(11)12/h1-2,5,10H,3,9H2,(H,11,12)/t5-/m0/s1. The lowest BCUT2D eigenvalue weighted by Crippen LogP contribution is -2.15. The summed E-state index contributed by atoms with van der Waals surface area (Å²) in [5.74, 6) is -0.899. The third-order valence-corrected chi connectivity index (χ3v) is 2.18. The van der Waals surface area contributed by atoms with Crippen molar-refractivity contribution in [3.8, 4) is 0 Å². The number of carboxylic acids is 1. The number of nitrogens with two attached hydrogens (primary N) is 1. The number of H-pyrrole nitrogens is 1. The van der Waals surface area contributed by atoms with E-state index in [0.717, 1.165) is 10.2 Å². The smallest absolute Gasteiger partial charge is 0.305 e. The summed E-state index contributed by atoms with van der Waals surface area (Å²) in [5.41, 5.74) is 6.32. The second-order valence-corrected chi connectivity index (χ2v) is 3.30. The van der Waals surface area contributed by atoms with Gasteiger partial charge in [0, 0.05) is 16.4 Å². The van der Waals surface area contributed by atoms with Crippen molar-refractivity contribution in [2.75, 3.05) is 0 Å². The lowest BCUT2D eigenvalue weighted by atomic mass is 10.1. The molecule has 0 aromatic carbocycles. The van der Waals surface area contributed by atoms with Gasteiger partial charge >= 0.3 is 5.97 Å². The lowest BCUT2D eigenvalue weighted by Gasteiger charge is -2.06. The molecule has 4 N–H and O–H groups in total. The third kappa shape index (κ3) is 2.09. The quantitative estimate of drug-likeness (QED) is 0.735. The molecule has 1 atom stereocenters. The maximum absolute atomic E-state index is 10.3. The highest BCUT2D eigenvalue weighted by molar-refractivity contribution is 9.10. The molecule has 0 amide bonds. The normalized spacial score (nSPS) is 12.8. The SMILES string of the molecule is N[C@@H](CC(=O)O)c1[nH]ccc1Br. The predicted molar refractivity (Wildman–Crippen MR) is 47.7 cm³/mol. The van der Waals surface area contributed by atoms with E-state index in [1.807, 2.05) is 0 Å². The van der Waals surface area contributed by atoms with E-state index >= 15 is 0 Å². The molecule has 0 aliphatic rings. The molecule has 5 heteroatoms. The monoisotopic (exact) mass is 232 g/mol. The van der Waals surface area contributed by atoms with Crippen molar-refractivity contribution in [1.82, 2.24) is 4.98 Å². The molecule has 0 aliphatic heterocycles. The Kier molecular flexibility index (Phi) is 2.88. The fraction of sp³-hybridized carbons (Fsp3) is 0.286. The van der Waals surface area contributed by atoms with Crippen LogP contribution in [0.25, 0.3) is 0 Å². The van der Waals surface area contributed by atoms with E-state index in [4.69, 9.17) is 10.8 Å². The molecule has 0 aliphatic carbocycles. The summed E-state index contributed by atoms with van der Waals surface area (Å²) >= 11 is 3.25. The first kappa shape index (κ1) is 9.28. The van der Waals surface area contributed by atoms with Crippen LogP contribution in [0.3, 0.4) is 0 Å². The molecule has 1 aromatic rings. The number of carboxylic acid groups (broad SMARTS) is 1. The van der Waals surface area contributed by atoms with Gasteiger partial charge in [0.05, 0.1) is 12.5 Å². The molecule has 0 unspecified atom stereocenters. The highest BCUT2D eigenvalue weighted by Crippen LogP contribution is 2.21. The van der Waals surface area contributed by atoms with E-state index in [1.165, 1.54) is 0 Å². The van der Waals surface area contributed by atoms with E-state index in [9.17, 15) is 4.79 Å². The molecule has 0 fully saturated rings. The van der Waals surface area contributed by atoms with Crippen molar-refractivity contribution < 1.29 is 9.90 Å². The molecule has 0 radical (unpaired) electrons.